The molecule has 1 heterocycles. The van der Waals surface area contributed by atoms with Crippen LogP contribution < -0.4 is 5.73 Å². The van der Waals surface area contributed by atoms with Crippen LogP contribution in [0.4, 0.5) is 0 Å². The molecule has 2 atom stereocenters. The topological polar surface area (TPSA) is 72.6 Å². The molecule has 1 saturated heterocycles. The molecule has 0 saturated carbocycles. The summed E-state index contributed by atoms with van der Waals surface area (Å²) < 4.78 is 32.0. The third-order valence-corrected chi connectivity index (χ3v) is 5.31. The van der Waals surface area contributed by atoms with Crippen LogP contribution in [0.15, 0.2) is 29.2 Å². The lowest BCUT2D eigenvalue weighted by atomic mass is 10.1. The van der Waals surface area contributed by atoms with Gasteiger partial charge in [0.25, 0.3) is 0 Å². The first-order valence-corrected chi connectivity index (χ1v) is 7.82. The van der Waals surface area contributed by atoms with Gasteiger partial charge in [-0.2, -0.15) is 4.31 Å². The Bertz CT molecular complexity index is 543. The van der Waals surface area contributed by atoms with Crippen LogP contribution in [0.1, 0.15) is 25.5 Å². The van der Waals surface area contributed by atoms with Gasteiger partial charge in [-0.05, 0) is 31.5 Å². The van der Waals surface area contributed by atoms with Crippen molar-refractivity contribution in [3.8, 4) is 0 Å². The standard InChI is InChI=1S/C13H20N2O3S/c1-10-9-18-7-6-15(10)19(16,17)13-5-3-4-12(8-13)11(2)14/h3-5,8,10-11H,6-7,9,14H2,1-2H3. The van der Waals surface area contributed by atoms with Gasteiger partial charge >= 0.3 is 0 Å². The van der Waals surface area contributed by atoms with E-state index in [4.69, 9.17) is 10.5 Å². The van der Waals surface area contributed by atoms with Crippen molar-refractivity contribution < 1.29 is 13.2 Å². The van der Waals surface area contributed by atoms with Crippen molar-refractivity contribution in [3.05, 3.63) is 29.8 Å². The number of nitrogens with two attached hydrogens (primary N) is 1. The molecule has 2 unspecified atom stereocenters. The Kier molecular flexibility index (Phi) is 4.25. The second kappa shape index (κ2) is 5.58. The van der Waals surface area contributed by atoms with Gasteiger partial charge in [0.15, 0.2) is 0 Å². The van der Waals surface area contributed by atoms with Gasteiger partial charge in [-0.25, -0.2) is 8.42 Å². The highest BCUT2D eigenvalue weighted by molar-refractivity contribution is 7.89. The monoisotopic (exact) mass is 284 g/mol. The Balaban J connectivity index is 2.36. The largest absolute Gasteiger partial charge is 0.378 e. The first kappa shape index (κ1) is 14.5. The van der Waals surface area contributed by atoms with Crippen molar-refractivity contribution in [2.45, 2.75) is 30.8 Å². The summed E-state index contributed by atoms with van der Waals surface area (Å²) in [7, 11) is -3.47. The van der Waals surface area contributed by atoms with Crippen LogP contribution in [0.3, 0.4) is 0 Å². The van der Waals surface area contributed by atoms with Gasteiger partial charge in [-0.15, -0.1) is 0 Å². The molecule has 1 fully saturated rings. The van der Waals surface area contributed by atoms with Gasteiger partial charge in [-0.3, -0.25) is 0 Å². The van der Waals surface area contributed by atoms with Crippen molar-refractivity contribution >= 4 is 10.0 Å². The zero-order valence-electron chi connectivity index (χ0n) is 11.2. The molecule has 2 rings (SSSR count). The molecule has 2 N–H and O–H groups in total. The maximum Gasteiger partial charge on any atom is 0.243 e. The van der Waals surface area contributed by atoms with Crippen molar-refractivity contribution in [3.63, 3.8) is 0 Å². The van der Waals surface area contributed by atoms with E-state index in [9.17, 15) is 8.42 Å². The quantitative estimate of drug-likeness (QED) is 0.902. The fourth-order valence-electron chi connectivity index (χ4n) is 2.16. The number of hydrogen-bond donors (Lipinski definition) is 1. The maximum atomic E-state index is 12.6. The van der Waals surface area contributed by atoms with Gasteiger partial charge in [0, 0.05) is 18.6 Å². The van der Waals surface area contributed by atoms with Crippen molar-refractivity contribution in [2.24, 2.45) is 5.73 Å². The summed E-state index contributed by atoms with van der Waals surface area (Å²) in [6.45, 7) is 4.96. The van der Waals surface area contributed by atoms with Crippen molar-refractivity contribution in [1.82, 2.24) is 4.31 Å². The van der Waals surface area contributed by atoms with E-state index in [0.29, 0.717) is 24.7 Å². The van der Waals surface area contributed by atoms with Crippen LogP contribution in [0.2, 0.25) is 0 Å². The highest BCUT2D eigenvalue weighted by atomic mass is 32.2. The molecule has 0 aromatic heterocycles. The predicted molar refractivity (Wildman–Crippen MR) is 73.2 cm³/mol. The molecule has 1 aromatic carbocycles. The minimum atomic E-state index is -3.47. The molecule has 0 bridgehead atoms. The molecule has 0 radical (unpaired) electrons. The SMILES string of the molecule is CC(N)c1cccc(S(=O)(=O)N2CCOCC2C)c1. The molecule has 106 valence electrons. The lowest BCUT2D eigenvalue weighted by molar-refractivity contribution is 0.0392. The molecule has 1 aliphatic rings. The Morgan fingerprint density at radius 2 is 2.21 bits per heavy atom. The Morgan fingerprint density at radius 3 is 2.84 bits per heavy atom. The second-order valence-corrected chi connectivity index (χ2v) is 6.79. The predicted octanol–water partition coefficient (Wildman–Crippen LogP) is 1.12. The van der Waals surface area contributed by atoms with E-state index in [1.807, 2.05) is 19.9 Å². The van der Waals surface area contributed by atoms with E-state index in [1.54, 1.807) is 18.2 Å². The lowest BCUT2D eigenvalue weighted by Gasteiger charge is -2.32. The maximum absolute atomic E-state index is 12.6. The third-order valence-electron chi connectivity index (χ3n) is 3.30. The fraction of sp³-hybridized carbons (Fsp3) is 0.538. The average molecular weight is 284 g/mol. The van der Waals surface area contributed by atoms with E-state index in [2.05, 4.69) is 0 Å². The highest BCUT2D eigenvalue weighted by Crippen LogP contribution is 2.22. The number of rotatable bonds is 3. The normalized spacial score (nSPS) is 23.2. The zero-order valence-corrected chi connectivity index (χ0v) is 12.1. The molecule has 1 aliphatic heterocycles. The van der Waals surface area contributed by atoms with Crippen LogP contribution in [0.5, 0.6) is 0 Å². The van der Waals surface area contributed by atoms with E-state index < -0.39 is 10.0 Å². The van der Waals surface area contributed by atoms with Gasteiger partial charge in [0.05, 0.1) is 18.1 Å². The lowest BCUT2D eigenvalue weighted by Crippen LogP contribution is -2.46. The Morgan fingerprint density at radius 1 is 1.47 bits per heavy atom. The summed E-state index contributed by atoms with van der Waals surface area (Å²) in [4.78, 5) is 0.302. The highest BCUT2D eigenvalue weighted by Gasteiger charge is 2.31. The average Bonchev–Trinajstić information content (AvgIpc) is 2.39. The number of sulfonamides is 1. The molecule has 5 nitrogen and oxygen atoms in total. The van der Waals surface area contributed by atoms with Gasteiger partial charge < -0.3 is 10.5 Å². The minimum absolute atomic E-state index is 0.141. The van der Waals surface area contributed by atoms with Crippen LogP contribution >= 0.6 is 0 Å². The third kappa shape index (κ3) is 2.97. The van der Waals surface area contributed by atoms with Crippen molar-refractivity contribution in [1.29, 1.82) is 0 Å². The summed E-state index contributed by atoms with van der Waals surface area (Å²) in [6, 6.07) is 6.52. The molecule has 0 spiro atoms. The van der Waals surface area contributed by atoms with E-state index >= 15 is 0 Å². The molecule has 1 aromatic rings. The number of nitrogens with zero attached hydrogens (tertiary/aromatic N) is 1. The fourth-order valence-corrected chi connectivity index (χ4v) is 3.82. The van der Waals surface area contributed by atoms with Crippen molar-refractivity contribution in [2.75, 3.05) is 19.8 Å². The second-order valence-electron chi connectivity index (χ2n) is 4.90. The number of ether oxygens (including phenoxy) is 1. The number of morpholine rings is 1. The zero-order chi connectivity index (χ0) is 14.0. The summed E-state index contributed by atoms with van der Waals surface area (Å²) in [5.41, 5.74) is 6.62. The molecule has 0 amide bonds. The van der Waals surface area contributed by atoms with E-state index in [1.165, 1.54) is 4.31 Å². The Labute approximate surface area is 114 Å². The number of benzene rings is 1. The molecule has 19 heavy (non-hydrogen) atoms. The van der Waals surface area contributed by atoms with Crippen LogP contribution in [0, 0.1) is 0 Å². The van der Waals surface area contributed by atoms with Crippen LogP contribution in [-0.2, 0) is 14.8 Å². The number of hydrogen-bond acceptors (Lipinski definition) is 4. The first-order valence-electron chi connectivity index (χ1n) is 6.38. The minimum Gasteiger partial charge on any atom is -0.378 e. The Hall–Kier alpha value is -0.950. The van der Waals surface area contributed by atoms with E-state index in [0.717, 1.165) is 5.56 Å². The summed E-state index contributed by atoms with van der Waals surface area (Å²) >= 11 is 0. The first-order chi connectivity index (χ1) is 8.93. The summed E-state index contributed by atoms with van der Waals surface area (Å²) in [5, 5.41) is 0. The molecular weight excluding hydrogens is 264 g/mol. The smallest absolute Gasteiger partial charge is 0.243 e. The van der Waals surface area contributed by atoms with Gasteiger partial charge in [0.1, 0.15) is 0 Å². The van der Waals surface area contributed by atoms with E-state index in [-0.39, 0.29) is 12.1 Å². The summed E-state index contributed by atoms with van der Waals surface area (Å²) in [5.74, 6) is 0. The summed E-state index contributed by atoms with van der Waals surface area (Å²) in [6.07, 6.45) is 0. The van der Waals surface area contributed by atoms with Gasteiger partial charge in [-0.1, -0.05) is 12.1 Å². The molecule has 0 aliphatic carbocycles. The molecule has 6 heteroatoms. The van der Waals surface area contributed by atoms with Gasteiger partial charge in [0.2, 0.25) is 10.0 Å². The molecular formula is C13H20N2O3S. The van der Waals surface area contributed by atoms with Crippen LogP contribution in [0.25, 0.3) is 0 Å². The van der Waals surface area contributed by atoms with Crippen LogP contribution in [-0.4, -0.2) is 38.5 Å².